The Labute approximate surface area is 128 Å². The highest BCUT2D eigenvalue weighted by atomic mass is 16.3. The van der Waals surface area contributed by atoms with Gasteiger partial charge in [-0.2, -0.15) is 0 Å². The van der Waals surface area contributed by atoms with Crippen LogP contribution in [0.25, 0.3) is 0 Å². The summed E-state index contributed by atoms with van der Waals surface area (Å²) >= 11 is 0. The van der Waals surface area contributed by atoms with Crippen LogP contribution in [0.1, 0.15) is 50.7 Å². The number of nitrogens with zero attached hydrogens (tertiary/aromatic N) is 2. The summed E-state index contributed by atoms with van der Waals surface area (Å²) in [6.07, 6.45) is 12.1. The van der Waals surface area contributed by atoms with Crippen LogP contribution in [0.2, 0.25) is 0 Å². The molecule has 2 N–H and O–H groups in total. The van der Waals surface area contributed by atoms with Gasteiger partial charge in [0.1, 0.15) is 5.76 Å². The molecule has 3 heterocycles. The third-order valence-corrected chi connectivity index (χ3v) is 5.00. The third-order valence-electron chi connectivity index (χ3n) is 5.00. The molecule has 2 atom stereocenters. The number of hydrogen-bond acceptors (Lipinski definition) is 4. The summed E-state index contributed by atoms with van der Waals surface area (Å²) in [5.74, 6) is 1.95. The van der Waals surface area contributed by atoms with Crippen molar-refractivity contribution in [3.8, 4) is 0 Å². The van der Waals surface area contributed by atoms with Crippen LogP contribution in [0.4, 0.5) is 0 Å². The van der Waals surface area contributed by atoms with Gasteiger partial charge >= 0.3 is 0 Å². The van der Waals surface area contributed by atoms with E-state index in [0.29, 0.717) is 0 Å². The molecule has 0 aliphatic carbocycles. The molecule has 0 radical (unpaired) electrons. The SMILES string of the molecule is NC1CCCCN1N1CCCC(CCCc2ccco2)C1. The lowest BCUT2D eigenvalue weighted by Gasteiger charge is -2.45. The van der Waals surface area contributed by atoms with Gasteiger partial charge in [0.2, 0.25) is 0 Å². The first-order valence-electron chi connectivity index (χ1n) is 8.62. The van der Waals surface area contributed by atoms with Gasteiger partial charge in [0.05, 0.1) is 12.4 Å². The average Bonchev–Trinajstić information content (AvgIpc) is 3.01. The average molecular weight is 291 g/mol. The first kappa shape index (κ1) is 15.1. The Bertz CT molecular complexity index is 406. The van der Waals surface area contributed by atoms with Crippen molar-refractivity contribution in [3.05, 3.63) is 24.2 Å². The van der Waals surface area contributed by atoms with Gasteiger partial charge in [-0.05, 0) is 63.0 Å². The first-order chi connectivity index (χ1) is 10.3. The van der Waals surface area contributed by atoms with E-state index in [2.05, 4.69) is 16.1 Å². The number of hydrazine groups is 1. The number of rotatable bonds is 5. The van der Waals surface area contributed by atoms with Gasteiger partial charge in [-0.25, -0.2) is 10.0 Å². The summed E-state index contributed by atoms with van der Waals surface area (Å²) in [6.45, 7) is 3.55. The van der Waals surface area contributed by atoms with Crippen molar-refractivity contribution >= 4 is 0 Å². The molecule has 1 aromatic rings. The molecule has 2 fully saturated rings. The fraction of sp³-hybridized carbons (Fsp3) is 0.765. The van der Waals surface area contributed by atoms with Gasteiger partial charge in [0.15, 0.2) is 0 Å². The van der Waals surface area contributed by atoms with Crippen LogP contribution in [0, 0.1) is 5.92 Å². The van der Waals surface area contributed by atoms with E-state index in [4.69, 9.17) is 10.2 Å². The molecule has 0 spiro atoms. The van der Waals surface area contributed by atoms with E-state index >= 15 is 0 Å². The zero-order valence-electron chi connectivity index (χ0n) is 13.0. The van der Waals surface area contributed by atoms with Crippen LogP contribution in [-0.4, -0.2) is 35.8 Å². The van der Waals surface area contributed by atoms with Gasteiger partial charge in [0.25, 0.3) is 0 Å². The lowest BCUT2D eigenvalue weighted by molar-refractivity contribution is -0.0992. The van der Waals surface area contributed by atoms with E-state index < -0.39 is 0 Å². The summed E-state index contributed by atoms with van der Waals surface area (Å²) in [5.41, 5.74) is 6.29. The van der Waals surface area contributed by atoms with Crippen LogP contribution in [0.3, 0.4) is 0 Å². The minimum absolute atomic E-state index is 0.251. The topological polar surface area (TPSA) is 45.6 Å². The molecule has 2 unspecified atom stereocenters. The van der Waals surface area contributed by atoms with Gasteiger partial charge in [-0.15, -0.1) is 0 Å². The number of aryl methyl sites for hydroxylation is 1. The third kappa shape index (κ3) is 4.09. The fourth-order valence-corrected chi connectivity index (χ4v) is 3.83. The van der Waals surface area contributed by atoms with Crippen molar-refractivity contribution in [2.45, 2.75) is 57.5 Å². The summed E-state index contributed by atoms with van der Waals surface area (Å²) < 4.78 is 5.42. The molecule has 4 nitrogen and oxygen atoms in total. The first-order valence-corrected chi connectivity index (χ1v) is 8.62. The van der Waals surface area contributed by atoms with Crippen molar-refractivity contribution in [3.63, 3.8) is 0 Å². The van der Waals surface area contributed by atoms with E-state index in [1.807, 2.05) is 6.07 Å². The molecule has 0 amide bonds. The van der Waals surface area contributed by atoms with E-state index in [9.17, 15) is 0 Å². The smallest absolute Gasteiger partial charge is 0.103 e. The molecule has 21 heavy (non-hydrogen) atoms. The molecular weight excluding hydrogens is 262 g/mol. The Morgan fingerprint density at radius 3 is 2.95 bits per heavy atom. The van der Waals surface area contributed by atoms with Crippen molar-refractivity contribution in [2.24, 2.45) is 11.7 Å². The number of piperidine rings is 2. The quantitative estimate of drug-likeness (QED) is 0.906. The van der Waals surface area contributed by atoms with Gasteiger partial charge in [-0.3, -0.25) is 0 Å². The normalized spacial score (nSPS) is 28.8. The predicted molar refractivity (Wildman–Crippen MR) is 84.5 cm³/mol. The monoisotopic (exact) mass is 291 g/mol. The largest absolute Gasteiger partial charge is 0.469 e. The summed E-state index contributed by atoms with van der Waals surface area (Å²) in [4.78, 5) is 0. The highest BCUT2D eigenvalue weighted by Gasteiger charge is 2.28. The number of furan rings is 1. The van der Waals surface area contributed by atoms with E-state index in [1.165, 1.54) is 51.6 Å². The molecule has 2 aliphatic heterocycles. The minimum atomic E-state index is 0.251. The Morgan fingerprint density at radius 1 is 1.19 bits per heavy atom. The van der Waals surface area contributed by atoms with E-state index in [0.717, 1.165) is 31.1 Å². The van der Waals surface area contributed by atoms with Gasteiger partial charge in [-0.1, -0.05) is 0 Å². The number of hydrogen-bond donors (Lipinski definition) is 1. The Kier molecular flexibility index (Phi) is 5.33. The maximum atomic E-state index is 6.29. The standard InChI is InChI=1S/C17H29N3O/c18-17-10-1-2-12-20(17)19-11-4-7-15(14-19)6-3-8-16-9-5-13-21-16/h5,9,13,15,17H,1-4,6-8,10-12,14,18H2. The van der Waals surface area contributed by atoms with Crippen LogP contribution in [0.15, 0.2) is 22.8 Å². The molecule has 0 bridgehead atoms. The Hall–Kier alpha value is -0.840. The van der Waals surface area contributed by atoms with Crippen molar-refractivity contribution < 1.29 is 4.42 Å². The maximum Gasteiger partial charge on any atom is 0.103 e. The van der Waals surface area contributed by atoms with Crippen LogP contribution in [0.5, 0.6) is 0 Å². The molecule has 3 rings (SSSR count). The molecule has 0 aromatic carbocycles. The molecule has 0 saturated carbocycles. The summed E-state index contributed by atoms with van der Waals surface area (Å²) in [7, 11) is 0. The molecule has 2 saturated heterocycles. The van der Waals surface area contributed by atoms with Crippen LogP contribution >= 0.6 is 0 Å². The van der Waals surface area contributed by atoms with Crippen molar-refractivity contribution in [2.75, 3.05) is 19.6 Å². The van der Waals surface area contributed by atoms with Crippen molar-refractivity contribution in [1.82, 2.24) is 10.0 Å². The zero-order valence-corrected chi connectivity index (χ0v) is 13.0. The molecule has 1 aromatic heterocycles. The predicted octanol–water partition coefficient (Wildman–Crippen LogP) is 3.00. The Balaban J connectivity index is 1.44. The van der Waals surface area contributed by atoms with Crippen LogP contribution < -0.4 is 5.73 Å². The second kappa shape index (κ2) is 7.43. The second-order valence-corrected chi connectivity index (χ2v) is 6.62. The highest BCUT2D eigenvalue weighted by molar-refractivity contribution is 4.97. The highest BCUT2D eigenvalue weighted by Crippen LogP contribution is 2.25. The summed E-state index contributed by atoms with van der Waals surface area (Å²) in [6, 6.07) is 4.06. The molecular formula is C17H29N3O. The fourth-order valence-electron chi connectivity index (χ4n) is 3.83. The van der Waals surface area contributed by atoms with E-state index in [1.54, 1.807) is 6.26 Å². The molecule has 4 heteroatoms. The minimum Gasteiger partial charge on any atom is -0.469 e. The van der Waals surface area contributed by atoms with E-state index in [-0.39, 0.29) is 6.17 Å². The van der Waals surface area contributed by atoms with Crippen molar-refractivity contribution in [1.29, 1.82) is 0 Å². The molecule has 118 valence electrons. The van der Waals surface area contributed by atoms with Gasteiger partial charge < -0.3 is 10.2 Å². The number of nitrogens with two attached hydrogens (primary N) is 1. The lowest BCUT2D eigenvalue weighted by atomic mass is 9.93. The lowest BCUT2D eigenvalue weighted by Crippen LogP contribution is -2.57. The zero-order chi connectivity index (χ0) is 14.5. The second-order valence-electron chi connectivity index (χ2n) is 6.62. The van der Waals surface area contributed by atoms with Crippen LogP contribution in [-0.2, 0) is 6.42 Å². The van der Waals surface area contributed by atoms with Gasteiger partial charge in [0, 0.05) is 26.1 Å². The molecule has 2 aliphatic rings. The Morgan fingerprint density at radius 2 is 2.14 bits per heavy atom. The maximum absolute atomic E-state index is 6.29. The summed E-state index contributed by atoms with van der Waals surface area (Å²) in [5, 5.41) is 4.99.